The summed E-state index contributed by atoms with van der Waals surface area (Å²) in [6.07, 6.45) is 6.95. The average Bonchev–Trinajstić information content (AvgIpc) is 3.52. The van der Waals surface area contributed by atoms with Crippen molar-refractivity contribution in [3.8, 4) is 0 Å². The van der Waals surface area contributed by atoms with Crippen LogP contribution < -0.4 is 0 Å². The van der Waals surface area contributed by atoms with Crippen LogP contribution in [0.15, 0.2) is 70.7 Å². The van der Waals surface area contributed by atoms with Crippen molar-refractivity contribution in [1.82, 2.24) is 9.80 Å². The Kier molecular flexibility index (Phi) is 7.20. The first-order valence-corrected chi connectivity index (χ1v) is 11.8. The highest BCUT2D eigenvalue weighted by molar-refractivity contribution is 7.12. The molecule has 31 heavy (non-hydrogen) atoms. The highest BCUT2D eigenvalue weighted by Crippen LogP contribution is 2.25. The molecule has 3 aromatic rings. The van der Waals surface area contributed by atoms with Crippen LogP contribution in [0.4, 0.5) is 0 Å². The van der Waals surface area contributed by atoms with E-state index < -0.39 is 0 Å². The van der Waals surface area contributed by atoms with Gasteiger partial charge in [0.2, 0.25) is 5.91 Å². The van der Waals surface area contributed by atoms with E-state index in [4.69, 9.17) is 4.42 Å². The third kappa shape index (κ3) is 5.64. The maximum Gasteiger partial charge on any atom is 0.264 e. The number of amides is 2. The number of hydrogen-bond acceptors (Lipinski definition) is 4. The Morgan fingerprint density at radius 1 is 0.935 bits per heavy atom. The van der Waals surface area contributed by atoms with Gasteiger partial charge in [0.05, 0.1) is 17.7 Å². The second-order valence-corrected chi connectivity index (χ2v) is 8.96. The molecule has 0 unspecified atom stereocenters. The van der Waals surface area contributed by atoms with Gasteiger partial charge in [0.25, 0.3) is 5.91 Å². The van der Waals surface area contributed by atoms with Crippen molar-refractivity contribution in [3.63, 3.8) is 0 Å². The standard InChI is InChI=1S/C25H28N2O3S/c28-24(26(18-22-13-7-15-30-22)17-20-9-3-1-4-10-20)19-27(21-11-5-2-6-12-21)25(29)23-14-8-16-31-23/h1,3-4,7-10,13-16,21H,2,5-6,11-12,17-19H2. The summed E-state index contributed by atoms with van der Waals surface area (Å²) in [6.45, 7) is 0.952. The monoisotopic (exact) mass is 436 g/mol. The predicted octanol–water partition coefficient (Wildman–Crippen LogP) is 5.35. The van der Waals surface area contributed by atoms with Crippen LogP contribution in [0, 0.1) is 0 Å². The molecule has 0 spiro atoms. The van der Waals surface area contributed by atoms with Crippen LogP contribution in [0.25, 0.3) is 0 Å². The van der Waals surface area contributed by atoms with Gasteiger partial charge < -0.3 is 14.2 Å². The summed E-state index contributed by atoms with van der Waals surface area (Å²) in [7, 11) is 0. The molecule has 5 nitrogen and oxygen atoms in total. The fraction of sp³-hybridized carbons (Fsp3) is 0.360. The number of hydrogen-bond donors (Lipinski definition) is 0. The number of thiophene rings is 1. The summed E-state index contributed by atoms with van der Waals surface area (Å²) >= 11 is 1.43. The number of rotatable bonds is 8. The fourth-order valence-corrected chi connectivity index (χ4v) is 4.85. The maximum absolute atomic E-state index is 13.5. The first-order chi connectivity index (χ1) is 15.2. The number of carbonyl (C=O) groups is 2. The molecule has 2 heterocycles. The number of nitrogens with zero attached hydrogens (tertiary/aromatic N) is 2. The van der Waals surface area contributed by atoms with Crippen LogP contribution in [0.1, 0.15) is 53.1 Å². The Bertz CT molecular complexity index is 948. The summed E-state index contributed by atoms with van der Waals surface area (Å²) in [5.41, 5.74) is 1.05. The minimum absolute atomic E-state index is 0.0343. The largest absolute Gasteiger partial charge is 0.467 e. The summed E-state index contributed by atoms with van der Waals surface area (Å²) in [4.78, 5) is 31.1. The molecule has 1 saturated carbocycles. The number of furan rings is 1. The third-order valence-corrected chi connectivity index (χ3v) is 6.67. The van der Waals surface area contributed by atoms with E-state index in [1.807, 2.05) is 64.9 Å². The molecule has 0 radical (unpaired) electrons. The molecule has 0 aliphatic heterocycles. The summed E-state index contributed by atoms with van der Waals surface area (Å²) in [5.74, 6) is 0.640. The molecule has 6 heteroatoms. The molecular weight excluding hydrogens is 408 g/mol. The van der Waals surface area contributed by atoms with Crippen molar-refractivity contribution in [2.45, 2.75) is 51.2 Å². The minimum Gasteiger partial charge on any atom is -0.467 e. The van der Waals surface area contributed by atoms with Gasteiger partial charge in [-0.3, -0.25) is 9.59 Å². The van der Waals surface area contributed by atoms with Gasteiger partial charge >= 0.3 is 0 Å². The van der Waals surface area contributed by atoms with E-state index in [1.165, 1.54) is 17.8 Å². The number of carbonyl (C=O) groups excluding carboxylic acids is 2. The summed E-state index contributed by atoms with van der Waals surface area (Å²) < 4.78 is 5.51. The van der Waals surface area contributed by atoms with Crippen molar-refractivity contribution in [1.29, 1.82) is 0 Å². The van der Waals surface area contributed by atoms with E-state index in [1.54, 1.807) is 11.2 Å². The molecule has 4 rings (SSSR count). The molecule has 162 valence electrons. The quantitative estimate of drug-likeness (QED) is 0.479. The molecule has 0 bridgehead atoms. The Morgan fingerprint density at radius 3 is 2.42 bits per heavy atom. The minimum atomic E-state index is -0.0595. The topological polar surface area (TPSA) is 53.8 Å². The van der Waals surface area contributed by atoms with Crippen LogP contribution in [-0.2, 0) is 17.9 Å². The first-order valence-electron chi connectivity index (χ1n) is 10.9. The lowest BCUT2D eigenvalue weighted by Crippen LogP contribution is -2.47. The normalized spacial score (nSPS) is 14.3. The zero-order valence-electron chi connectivity index (χ0n) is 17.6. The number of benzene rings is 1. The van der Waals surface area contributed by atoms with Gasteiger partial charge in [0.15, 0.2) is 0 Å². The molecule has 2 amide bonds. The van der Waals surface area contributed by atoms with Gasteiger partial charge in [-0.05, 0) is 42.0 Å². The third-order valence-electron chi connectivity index (χ3n) is 5.81. The lowest BCUT2D eigenvalue weighted by atomic mass is 9.94. The van der Waals surface area contributed by atoms with Gasteiger partial charge in [-0.15, -0.1) is 11.3 Å². The highest BCUT2D eigenvalue weighted by atomic mass is 32.1. The zero-order valence-corrected chi connectivity index (χ0v) is 18.4. The van der Waals surface area contributed by atoms with Crippen molar-refractivity contribution in [2.75, 3.05) is 6.54 Å². The Hall–Kier alpha value is -2.86. The molecule has 0 atom stereocenters. The molecule has 1 fully saturated rings. The lowest BCUT2D eigenvalue weighted by molar-refractivity contribution is -0.134. The smallest absolute Gasteiger partial charge is 0.264 e. The van der Waals surface area contributed by atoms with Gasteiger partial charge in [-0.25, -0.2) is 0 Å². The van der Waals surface area contributed by atoms with Gasteiger partial charge in [0, 0.05) is 12.6 Å². The van der Waals surface area contributed by atoms with Crippen molar-refractivity contribution < 1.29 is 14.0 Å². The van der Waals surface area contributed by atoms with E-state index in [-0.39, 0.29) is 24.4 Å². The zero-order chi connectivity index (χ0) is 21.5. The Labute approximate surface area is 187 Å². The van der Waals surface area contributed by atoms with E-state index in [9.17, 15) is 9.59 Å². The van der Waals surface area contributed by atoms with Crippen LogP contribution >= 0.6 is 11.3 Å². The SMILES string of the molecule is O=C(CN(C(=O)c1cccs1)C1CCCCC1)N(Cc1ccccc1)Cc1ccco1. The summed E-state index contributed by atoms with van der Waals surface area (Å²) in [5, 5.41) is 1.91. The first kappa shape index (κ1) is 21.4. The molecule has 0 saturated heterocycles. The van der Waals surface area contributed by atoms with E-state index in [0.717, 1.165) is 37.0 Å². The molecular formula is C25H28N2O3S. The van der Waals surface area contributed by atoms with E-state index >= 15 is 0 Å². The van der Waals surface area contributed by atoms with Crippen molar-refractivity contribution in [2.24, 2.45) is 0 Å². The second-order valence-electron chi connectivity index (χ2n) is 8.02. The van der Waals surface area contributed by atoms with Gasteiger partial charge in [0.1, 0.15) is 12.3 Å². The van der Waals surface area contributed by atoms with Crippen LogP contribution in [0.3, 0.4) is 0 Å². The molecule has 1 aromatic carbocycles. The molecule has 2 aromatic heterocycles. The van der Waals surface area contributed by atoms with Crippen LogP contribution in [0.2, 0.25) is 0 Å². The molecule has 0 N–H and O–H groups in total. The average molecular weight is 437 g/mol. The molecule has 1 aliphatic rings. The highest BCUT2D eigenvalue weighted by Gasteiger charge is 2.30. The van der Waals surface area contributed by atoms with Crippen molar-refractivity contribution >= 4 is 23.2 Å². The summed E-state index contributed by atoms with van der Waals surface area (Å²) in [6, 6.07) is 17.5. The molecule has 1 aliphatic carbocycles. The van der Waals surface area contributed by atoms with Crippen LogP contribution in [-0.4, -0.2) is 34.2 Å². The van der Waals surface area contributed by atoms with Gasteiger partial charge in [-0.2, -0.15) is 0 Å². The second kappa shape index (κ2) is 10.4. The van der Waals surface area contributed by atoms with E-state index in [2.05, 4.69) is 0 Å². The fourth-order valence-electron chi connectivity index (χ4n) is 4.17. The van der Waals surface area contributed by atoms with Crippen molar-refractivity contribution in [3.05, 3.63) is 82.4 Å². The van der Waals surface area contributed by atoms with Gasteiger partial charge in [-0.1, -0.05) is 55.7 Å². The van der Waals surface area contributed by atoms with Crippen LogP contribution in [0.5, 0.6) is 0 Å². The maximum atomic E-state index is 13.5. The van der Waals surface area contributed by atoms with E-state index in [0.29, 0.717) is 18.0 Å². The predicted molar refractivity (Wildman–Crippen MR) is 122 cm³/mol. The lowest BCUT2D eigenvalue weighted by Gasteiger charge is -2.35. The Morgan fingerprint density at radius 2 is 1.74 bits per heavy atom. The Balaban J connectivity index is 1.54.